The van der Waals surface area contributed by atoms with Gasteiger partial charge in [-0.1, -0.05) is 42.5 Å². The van der Waals surface area contributed by atoms with Crippen molar-refractivity contribution in [3.63, 3.8) is 0 Å². The van der Waals surface area contributed by atoms with Crippen LogP contribution >= 0.6 is 0 Å². The van der Waals surface area contributed by atoms with E-state index in [1.165, 1.54) is 0 Å². The molecule has 0 aliphatic carbocycles. The summed E-state index contributed by atoms with van der Waals surface area (Å²) in [6, 6.07) is 13.2. The Morgan fingerprint density at radius 1 is 1.15 bits per heavy atom. The number of methoxy groups -OCH3 is 1. The third-order valence-corrected chi connectivity index (χ3v) is 5.37. The number of benzene rings is 2. The number of sulfonamides is 1. The molecule has 0 heterocycles. The summed E-state index contributed by atoms with van der Waals surface area (Å²) in [4.78, 5) is 0.195. The van der Waals surface area contributed by atoms with Gasteiger partial charge in [-0.2, -0.15) is 4.72 Å². The molecule has 2 aromatic rings. The molecule has 0 saturated heterocycles. The lowest BCUT2D eigenvalue weighted by molar-refractivity contribution is 0.205. The minimum Gasteiger partial charge on any atom is -0.497 e. The average molecular weight is 388 g/mol. The van der Waals surface area contributed by atoms with Gasteiger partial charge in [0, 0.05) is 0 Å². The normalized spacial score (nSPS) is 13.1. The lowest BCUT2D eigenvalue weighted by Gasteiger charge is -2.22. The quantitative estimate of drug-likeness (QED) is 0.519. The van der Waals surface area contributed by atoms with Crippen LogP contribution in [0.2, 0.25) is 0 Å². The molecule has 0 bridgehead atoms. The number of ether oxygens (including phenoxy) is 2. The van der Waals surface area contributed by atoms with Gasteiger partial charge in [-0.3, -0.25) is 0 Å². The van der Waals surface area contributed by atoms with Crippen molar-refractivity contribution in [1.82, 2.24) is 4.72 Å². The molecule has 0 aliphatic heterocycles. The molecule has 0 saturated carbocycles. The average Bonchev–Trinajstić information content (AvgIpc) is 2.66. The Morgan fingerprint density at radius 3 is 2.30 bits per heavy atom. The molecule has 1 atom stereocenters. The zero-order valence-corrected chi connectivity index (χ0v) is 16.6. The Bertz CT molecular complexity index is 885. The van der Waals surface area contributed by atoms with Crippen molar-refractivity contribution in [2.75, 3.05) is 13.7 Å². The highest BCUT2D eigenvalue weighted by atomic mass is 32.2. The molecule has 0 spiro atoms. The molecule has 2 aromatic carbocycles. The first kappa shape index (κ1) is 20.7. The highest BCUT2D eigenvalue weighted by Crippen LogP contribution is 2.27. The van der Waals surface area contributed by atoms with Gasteiger partial charge in [-0.15, -0.1) is 0 Å². The van der Waals surface area contributed by atoms with Crippen LogP contribution in [0.1, 0.15) is 24.1 Å². The maximum atomic E-state index is 12.9. The van der Waals surface area contributed by atoms with E-state index in [-0.39, 0.29) is 4.90 Å². The SMILES string of the molecule is C=C/C=C(/OCC)C(NS(=O)(=O)c1ccc(C)cc1)c1ccc(OC)cc1. The van der Waals surface area contributed by atoms with Gasteiger partial charge < -0.3 is 9.47 Å². The molecular weight excluding hydrogens is 362 g/mol. The number of aryl methyl sites for hydroxylation is 1. The third-order valence-electron chi connectivity index (χ3n) is 3.93. The molecule has 27 heavy (non-hydrogen) atoms. The first-order chi connectivity index (χ1) is 12.9. The molecule has 5 nitrogen and oxygen atoms in total. The maximum Gasteiger partial charge on any atom is 0.241 e. The van der Waals surface area contributed by atoms with Gasteiger partial charge in [0.25, 0.3) is 0 Å². The Morgan fingerprint density at radius 2 is 1.78 bits per heavy atom. The van der Waals surface area contributed by atoms with Gasteiger partial charge in [-0.25, -0.2) is 8.42 Å². The molecule has 1 unspecified atom stereocenters. The van der Waals surface area contributed by atoms with E-state index < -0.39 is 16.1 Å². The van der Waals surface area contributed by atoms with Gasteiger partial charge >= 0.3 is 0 Å². The minimum absolute atomic E-state index is 0.195. The van der Waals surface area contributed by atoms with Gasteiger partial charge in [0.15, 0.2) is 0 Å². The second-order valence-electron chi connectivity index (χ2n) is 5.88. The standard InChI is InChI=1S/C21H25NO4S/c1-5-7-20(26-6-2)21(17-10-12-18(25-4)13-11-17)22-27(23,24)19-14-8-16(3)9-15-19/h5,7-15,21-22H,1,6H2,2-4H3/b20-7+. The van der Waals surface area contributed by atoms with Gasteiger partial charge in [0.1, 0.15) is 17.6 Å². The molecule has 0 aromatic heterocycles. The monoisotopic (exact) mass is 387 g/mol. The van der Waals surface area contributed by atoms with E-state index in [1.54, 1.807) is 67.8 Å². The molecule has 2 rings (SSSR count). The zero-order valence-electron chi connectivity index (χ0n) is 15.8. The zero-order chi connectivity index (χ0) is 19.9. The molecule has 0 amide bonds. The van der Waals surface area contributed by atoms with Crippen LogP contribution in [0.25, 0.3) is 0 Å². The molecule has 0 aliphatic rings. The summed E-state index contributed by atoms with van der Waals surface area (Å²) in [7, 11) is -2.18. The van der Waals surface area contributed by atoms with E-state index in [9.17, 15) is 8.42 Å². The Balaban J connectivity index is 2.45. The van der Waals surface area contributed by atoms with E-state index in [1.807, 2.05) is 13.8 Å². The molecule has 144 valence electrons. The van der Waals surface area contributed by atoms with E-state index in [0.29, 0.717) is 18.1 Å². The van der Waals surface area contributed by atoms with E-state index in [2.05, 4.69) is 11.3 Å². The molecule has 0 fully saturated rings. The fourth-order valence-electron chi connectivity index (χ4n) is 2.54. The van der Waals surface area contributed by atoms with Crippen molar-refractivity contribution in [1.29, 1.82) is 0 Å². The summed E-state index contributed by atoms with van der Waals surface area (Å²) in [5, 5.41) is 0. The van der Waals surface area contributed by atoms with E-state index in [4.69, 9.17) is 9.47 Å². The minimum atomic E-state index is -3.76. The fraction of sp³-hybridized carbons (Fsp3) is 0.238. The van der Waals surface area contributed by atoms with Crippen LogP contribution < -0.4 is 9.46 Å². The van der Waals surface area contributed by atoms with Gasteiger partial charge in [0.05, 0.1) is 18.6 Å². The predicted octanol–water partition coefficient (Wildman–Crippen LogP) is 4.13. The first-order valence-corrected chi connectivity index (χ1v) is 10.1. The lowest BCUT2D eigenvalue weighted by Crippen LogP contribution is -2.30. The summed E-state index contributed by atoms with van der Waals surface area (Å²) < 4.78 is 39.5. The maximum absolute atomic E-state index is 12.9. The van der Waals surface area contributed by atoms with E-state index in [0.717, 1.165) is 11.1 Å². The van der Waals surface area contributed by atoms with Crippen molar-refractivity contribution >= 4 is 10.0 Å². The van der Waals surface area contributed by atoms with E-state index >= 15 is 0 Å². The van der Waals surface area contributed by atoms with Crippen LogP contribution in [0.15, 0.2) is 77.9 Å². The van der Waals surface area contributed by atoms with Crippen molar-refractivity contribution in [2.24, 2.45) is 0 Å². The lowest BCUT2D eigenvalue weighted by atomic mass is 10.1. The number of nitrogens with one attached hydrogen (secondary N) is 1. The summed E-state index contributed by atoms with van der Waals surface area (Å²) in [6.45, 7) is 7.85. The summed E-state index contributed by atoms with van der Waals surface area (Å²) >= 11 is 0. The van der Waals surface area contributed by atoms with Crippen LogP contribution in [0.5, 0.6) is 5.75 Å². The van der Waals surface area contributed by atoms with Crippen molar-refractivity contribution in [3.05, 3.63) is 84.1 Å². The summed E-state index contributed by atoms with van der Waals surface area (Å²) in [5.41, 5.74) is 1.72. The second kappa shape index (κ2) is 9.39. The second-order valence-corrected chi connectivity index (χ2v) is 7.59. The first-order valence-electron chi connectivity index (χ1n) is 8.59. The Labute approximate surface area is 161 Å². The van der Waals surface area contributed by atoms with Gasteiger partial charge in [0.2, 0.25) is 10.0 Å². The van der Waals surface area contributed by atoms with Crippen molar-refractivity contribution < 1.29 is 17.9 Å². The fourth-order valence-corrected chi connectivity index (χ4v) is 3.73. The highest BCUT2D eigenvalue weighted by Gasteiger charge is 2.25. The number of allylic oxidation sites excluding steroid dienone is 2. The molecule has 1 N–H and O–H groups in total. The smallest absolute Gasteiger partial charge is 0.241 e. The van der Waals surface area contributed by atoms with Crippen LogP contribution in [0.4, 0.5) is 0 Å². The highest BCUT2D eigenvalue weighted by molar-refractivity contribution is 7.89. The van der Waals surface area contributed by atoms with Crippen molar-refractivity contribution in [2.45, 2.75) is 24.8 Å². The predicted molar refractivity (Wildman–Crippen MR) is 107 cm³/mol. The molecular formula is C21H25NO4S. The largest absolute Gasteiger partial charge is 0.497 e. The number of hydrogen-bond acceptors (Lipinski definition) is 4. The third kappa shape index (κ3) is 5.45. The number of rotatable bonds is 9. The van der Waals surface area contributed by atoms with Crippen LogP contribution in [-0.4, -0.2) is 22.1 Å². The molecule has 6 heteroatoms. The van der Waals surface area contributed by atoms with Crippen LogP contribution in [0.3, 0.4) is 0 Å². The van der Waals surface area contributed by atoms with Crippen LogP contribution in [0, 0.1) is 6.92 Å². The van der Waals surface area contributed by atoms with Gasteiger partial charge in [-0.05, 0) is 49.8 Å². The summed E-state index contributed by atoms with van der Waals surface area (Å²) in [6.07, 6.45) is 3.23. The Kier molecular flexibility index (Phi) is 7.21. The topological polar surface area (TPSA) is 64.6 Å². The van der Waals surface area contributed by atoms with Crippen LogP contribution in [-0.2, 0) is 14.8 Å². The number of hydrogen-bond donors (Lipinski definition) is 1. The molecule has 0 radical (unpaired) electrons. The summed E-state index contributed by atoms with van der Waals surface area (Å²) in [5.74, 6) is 1.15. The Hall–Kier alpha value is -2.57. The van der Waals surface area contributed by atoms with Crippen molar-refractivity contribution in [3.8, 4) is 5.75 Å².